The molecule has 14 N–H and O–H groups in total. The Balaban J connectivity index is -0.00000121. The number of aromatic nitrogens is 1. The molecule has 2 fully saturated rings. The molecule has 1 aliphatic heterocycles. The number of fused-ring (bicyclic) bond motifs is 1. The summed E-state index contributed by atoms with van der Waals surface area (Å²) in [5.41, 5.74) is -0.0162. The van der Waals surface area contributed by atoms with Crippen LogP contribution in [0.5, 0.6) is 0 Å². The predicted octanol–water partition coefficient (Wildman–Crippen LogP) is -5.73. The highest BCUT2D eigenvalue weighted by Gasteiger charge is 2.27. The van der Waals surface area contributed by atoms with Crippen LogP contribution in [0, 0.1) is 5.82 Å². The van der Waals surface area contributed by atoms with Crippen LogP contribution in [0.4, 0.5) is 10.1 Å². The number of carbonyl (C=O) groups excluding carboxylic acids is 1. The van der Waals surface area contributed by atoms with Gasteiger partial charge in [-0.05, 0) is 25.0 Å². The lowest BCUT2D eigenvalue weighted by Gasteiger charge is -2.28. The number of quaternary nitrogens is 1. The lowest BCUT2D eigenvalue weighted by molar-refractivity contribution is -0.655. The van der Waals surface area contributed by atoms with E-state index in [1.54, 1.807) is 10.6 Å². The zero-order chi connectivity index (χ0) is 16.8. The Labute approximate surface area is 170 Å². The Bertz CT molecular complexity index is 896. The molecule has 0 bridgehead atoms. The van der Waals surface area contributed by atoms with E-state index in [0.29, 0.717) is 11.2 Å². The molecule has 2 aromatic rings. The van der Waals surface area contributed by atoms with Gasteiger partial charge in [0.05, 0.1) is 48.9 Å². The van der Waals surface area contributed by atoms with E-state index in [1.165, 1.54) is 12.3 Å². The molecular formula is C17H30FN3O9. The number of nitrogens with two attached hydrogens (primary N) is 1. The van der Waals surface area contributed by atoms with Crippen LogP contribution in [-0.2, 0) is 0 Å². The molecule has 1 aliphatic carbocycles. The van der Waals surface area contributed by atoms with Gasteiger partial charge < -0.3 is 57.5 Å². The minimum absolute atomic E-state index is 0. The number of piperazine rings is 1. The Hall–Kier alpha value is -2.65. The van der Waals surface area contributed by atoms with E-state index in [2.05, 4.69) is 5.32 Å². The largest absolute Gasteiger partial charge is 0.545 e. The summed E-state index contributed by atoms with van der Waals surface area (Å²) in [4.78, 5) is 25.6. The highest BCUT2D eigenvalue weighted by Crippen LogP contribution is 2.38. The molecule has 1 aromatic heterocycles. The van der Waals surface area contributed by atoms with Crippen molar-refractivity contribution in [2.24, 2.45) is 0 Å². The minimum atomic E-state index is -1.52. The Morgan fingerprint density at radius 2 is 1.60 bits per heavy atom. The van der Waals surface area contributed by atoms with Gasteiger partial charge in [0.2, 0.25) is 0 Å². The lowest BCUT2D eigenvalue weighted by atomic mass is 10.1. The summed E-state index contributed by atoms with van der Waals surface area (Å²) in [7, 11) is 0. The van der Waals surface area contributed by atoms with Gasteiger partial charge in [0, 0.05) is 17.6 Å². The van der Waals surface area contributed by atoms with Crippen molar-refractivity contribution in [1.29, 1.82) is 0 Å². The smallest absolute Gasteiger partial charge is 0.198 e. The van der Waals surface area contributed by atoms with E-state index in [9.17, 15) is 19.1 Å². The number of carbonyl (C=O) groups is 1. The molecule has 2 aliphatic rings. The van der Waals surface area contributed by atoms with E-state index < -0.39 is 22.8 Å². The van der Waals surface area contributed by atoms with Crippen molar-refractivity contribution in [3.63, 3.8) is 0 Å². The summed E-state index contributed by atoms with van der Waals surface area (Å²) >= 11 is 0. The van der Waals surface area contributed by atoms with Crippen LogP contribution in [0.2, 0.25) is 0 Å². The standard InChI is InChI=1S/C17H18FN3O3.6H2O/c18-13-7-11-14(8-15(13)20-5-3-19-4-6-20)21(10-1-2-10)9-12(16(11)22)17(23)24;;;;;;/h7-10,19H,1-6H2,(H,23,24);6*1H2. The van der Waals surface area contributed by atoms with Gasteiger partial charge in [-0.1, -0.05) is 0 Å². The Morgan fingerprint density at radius 1 is 1.03 bits per heavy atom. The number of benzene rings is 1. The first-order valence-corrected chi connectivity index (χ1v) is 8.22. The van der Waals surface area contributed by atoms with Crippen LogP contribution in [-0.4, -0.2) is 69.6 Å². The molecule has 4 rings (SSSR count). The Kier molecular flexibility index (Phi) is 13.0. The lowest BCUT2D eigenvalue weighted by Crippen LogP contribution is -2.89. The predicted molar refractivity (Wildman–Crippen MR) is 106 cm³/mol. The number of halogens is 1. The van der Waals surface area contributed by atoms with E-state index in [-0.39, 0.29) is 44.3 Å². The van der Waals surface area contributed by atoms with E-state index in [4.69, 9.17) is 0 Å². The van der Waals surface area contributed by atoms with E-state index >= 15 is 0 Å². The average molecular weight is 439 g/mol. The molecule has 1 aromatic carbocycles. The maximum absolute atomic E-state index is 14.6. The SMILES string of the molecule is O.O.O.O.O.O.O=C([O-])c1cn(C2CC2)c2cc(N3CC[NH2+]CC3)c(F)cc2c1=O. The second-order valence-corrected chi connectivity index (χ2v) is 6.47. The molecule has 30 heavy (non-hydrogen) atoms. The number of pyridine rings is 1. The summed E-state index contributed by atoms with van der Waals surface area (Å²) in [5, 5.41) is 13.5. The van der Waals surface area contributed by atoms with Crippen LogP contribution >= 0.6 is 0 Å². The van der Waals surface area contributed by atoms with Crippen LogP contribution in [0.1, 0.15) is 29.2 Å². The fraction of sp³-hybridized carbons (Fsp3) is 0.412. The maximum atomic E-state index is 14.6. The third-order valence-electron chi connectivity index (χ3n) is 4.81. The molecule has 0 unspecified atom stereocenters. The number of carboxylic acids is 1. The number of nitrogens with zero attached hydrogens (tertiary/aromatic N) is 2. The molecule has 0 spiro atoms. The van der Waals surface area contributed by atoms with Gasteiger partial charge in [-0.2, -0.15) is 0 Å². The van der Waals surface area contributed by atoms with Crippen molar-refractivity contribution in [2.75, 3.05) is 31.1 Å². The molecule has 12 nitrogen and oxygen atoms in total. The molecule has 0 amide bonds. The highest BCUT2D eigenvalue weighted by molar-refractivity contribution is 5.92. The van der Waals surface area contributed by atoms with Gasteiger partial charge >= 0.3 is 0 Å². The second-order valence-electron chi connectivity index (χ2n) is 6.47. The fourth-order valence-corrected chi connectivity index (χ4v) is 3.39. The molecule has 13 heteroatoms. The third kappa shape index (κ3) is 5.48. The van der Waals surface area contributed by atoms with Gasteiger partial charge in [-0.25, -0.2) is 4.39 Å². The van der Waals surface area contributed by atoms with Crippen molar-refractivity contribution in [3.05, 3.63) is 39.9 Å². The van der Waals surface area contributed by atoms with Gasteiger partial charge in [0.15, 0.2) is 5.43 Å². The van der Waals surface area contributed by atoms with Crippen LogP contribution < -0.4 is 20.8 Å². The zero-order valence-electron chi connectivity index (χ0n) is 16.1. The minimum Gasteiger partial charge on any atom is -0.545 e. The molecule has 0 radical (unpaired) electrons. The molecule has 2 heterocycles. The topological polar surface area (TPSA) is 271 Å². The van der Waals surface area contributed by atoms with Crippen LogP contribution in [0.25, 0.3) is 10.9 Å². The van der Waals surface area contributed by atoms with Crippen LogP contribution in [0.3, 0.4) is 0 Å². The monoisotopic (exact) mass is 439 g/mol. The van der Waals surface area contributed by atoms with Crippen molar-refractivity contribution in [2.45, 2.75) is 18.9 Å². The van der Waals surface area contributed by atoms with E-state index in [1.807, 2.05) is 4.90 Å². The number of carboxylic acid groups (broad SMARTS) is 1. The van der Waals surface area contributed by atoms with Gasteiger partial charge in [-0.3, -0.25) is 4.79 Å². The molecule has 0 atom stereocenters. The maximum Gasteiger partial charge on any atom is 0.198 e. The number of rotatable bonds is 3. The van der Waals surface area contributed by atoms with E-state index in [0.717, 1.165) is 39.0 Å². The molecule has 1 saturated heterocycles. The third-order valence-corrected chi connectivity index (χ3v) is 4.81. The summed E-state index contributed by atoms with van der Waals surface area (Å²) in [5.74, 6) is -2.01. The quantitative estimate of drug-likeness (QED) is 0.489. The number of aromatic carboxylic acids is 1. The first-order valence-electron chi connectivity index (χ1n) is 8.22. The fourth-order valence-electron chi connectivity index (χ4n) is 3.39. The molecular weight excluding hydrogens is 409 g/mol. The second kappa shape index (κ2) is 12.1. The number of anilines is 1. The first kappa shape index (κ1) is 32.0. The zero-order valence-corrected chi connectivity index (χ0v) is 16.1. The van der Waals surface area contributed by atoms with Crippen LogP contribution in [0.15, 0.2) is 23.1 Å². The van der Waals surface area contributed by atoms with Gasteiger partial charge in [-0.15, -0.1) is 0 Å². The first-order chi connectivity index (χ1) is 11.6. The molecule has 174 valence electrons. The van der Waals surface area contributed by atoms with Crippen molar-refractivity contribution < 1.29 is 52.5 Å². The normalized spacial score (nSPS) is 14.5. The molecule has 1 saturated carbocycles. The van der Waals surface area contributed by atoms with Crippen molar-refractivity contribution in [1.82, 2.24) is 4.57 Å². The summed E-state index contributed by atoms with van der Waals surface area (Å²) in [6, 6.07) is 3.03. The number of hydrogen-bond donors (Lipinski definition) is 1. The highest BCUT2D eigenvalue weighted by atomic mass is 19.1. The average Bonchev–Trinajstić information content (AvgIpc) is 3.40. The summed E-state index contributed by atoms with van der Waals surface area (Å²) in [6.07, 6.45) is 3.20. The number of hydrogen-bond acceptors (Lipinski definition) is 4. The Morgan fingerprint density at radius 3 is 2.10 bits per heavy atom. The van der Waals surface area contributed by atoms with Crippen molar-refractivity contribution in [3.8, 4) is 0 Å². The summed E-state index contributed by atoms with van der Waals surface area (Å²) < 4.78 is 16.4. The van der Waals surface area contributed by atoms with Gasteiger partial charge in [0.25, 0.3) is 0 Å². The summed E-state index contributed by atoms with van der Waals surface area (Å²) in [6.45, 7) is 3.29. The van der Waals surface area contributed by atoms with Gasteiger partial charge in [0.1, 0.15) is 5.82 Å². The van der Waals surface area contributed by atoms with Crippen molar-refractivity contribution >= 4 is 22.6 Å².